The fourth-order valence-corrected chi connectivity index (χ4v) is 4.48. The molecule has 0 saturated heterocycles. The molecular weight excluding hydrogens is 396 g/mol. The lowest BCUT2D eigenvalue weighted by Crippen LogP contribution is -2.52. The summed E-state index contributed by atoms with van der Waals surface area (Å²) in [5.74, 6) is 0.646. The van der Waals surface area contributed by atoms with Gasteiger partial charge in [0.2, 0.25) is 10.0 Å². The molecular formula is C19H28N4O3S2. The zero-order valence-electron chi connectivity index (χ0n) is 16.2. The van der Waals surface area contributed by atoms with Crippen molar-refractivity contribution in [3.05, 3.63) is 42.5 Å². The van der Waals surface area contributed by atoms with Gasteiger partial charge in [0.25, 0.3) is 5.91 Å². The molecule has 154 valence electrons. The van der Waals surface area contributed by atoms with Crippen LogP contribution in [0.1, 0.15) is 43.5 Å². The van der Waals surface area contributed by atoms with Crippen molar-refractivity contribution < 1.29 is 13.2 Å². The average Bonchev–Trinajstić information content (AvgIpc) is 2.68. The summed E-state index contributed by atoms with van der Waals surface area (Å²) in [6.07, 6.45) is 4.86. The second-order valence-electron chi connectivity index (χ2n) is 7.09. The Kier molecular flexibility index (Phi) is 7.97. The van der Waals surface area contributed by atoms with Crippen molar-refractivity contribution in [2.45, 2.75) is 44.0 Å². The van der Waals surface area contributed by atoms with E-state index in [0.29, 0.717) is 16.9 Å². The minimum absolute atomic E-state index is 0.00715. The van der Waals surface area contributed by atoms with Crippen LogP contribution in [0, 0.1) is 11.8 Å². The van der Waals surface area contributed by atoms with Crippen molar-refractivity contribution in [2.24, 2.45) is 11.8 Å². The highest BCUT2D eigenvalue weighted by Crippen LogP contribution is 2.29. The summed E-state index contributed by atoms with van der Waals surface area (Å²) in [6, 6.07) is 6.05. The summed E-state index contributed by atoms with van der Waals surface area (Å²) in [5.41, 5.74) is 5.42. The number of sulfonamides is 1. The number of carbonyl (C=O) groups excluding carboxylic acids is 1. The number of nitrogens with one attached hydrogen (secondary N) is 4. The Morgan fingerprint density at radius 2 is 2.04 bits per heavy atom. The summed E-state index contributed by atoms with van der Waals surface area (Å²) >= 11 is 5.28. The Bertz CT molecular complexity index is 826. The molecule has 0 radical (unpaired) electrons. The zero-order valence-corrected chi connectivity index (χ0v) is 17.8. The fourth-order valence-electron chi connectivity index (χ4n) is 3.23. The molecule has 3 atom stereocenters. The van der Waals surface area contributed by atoms with Crippen LogP contribution in [0.4, 0.5) is 0 Å². The van der Waals surface area contributed by atoms with Crippen LogP contribution in [0.3, 0.4) is 0 Å². The first-order chi connectivity index (χ1) is 13.2. The topological polar surface area (TPSA) is 99.3 Å². The van der Waals surface area contributed by atoms with Crippen LogP contribution in [-0.2, 0) is 10.0 Å². The number of hydrazine groups is 1. The molecule has 0 spiro atoms. The van der Waals surface area contributed by atoms with Crippen LogP contribution >= 0.6 is 12.2 Å². The first kappa shape index (κ1) is 22.3. The zero-order chi connectivity index (χ0) is 20.7. The van der Waals surface area contributed by atoms with Crippen molar-refractivity contribution in [3.63, 3.8) is 0 Å². The van der Waals surface area contributed by atoms with E-state index in [1.165, 1.54) is 36.8 Å². The third kappa shape index (κ3) is 6.02. The Morgan fingerprint density at radius 1 is 1.29 bits per heavy atom. The third-order valence-electron chi connectivity index (χ3n) is 5.14. The number of carbonyl (C=O) groups is 1. The molecule has 4 N–H and O–H groups in total. The van der Waals surface area contributed by atoms with E-state index < -0.39 is 15.9 Å². The molecule has 0 bridgehead atoms. The van der Waals surface area contributed by atoms with E-state index in [4.69, 9.17) is 12.2 Å². The van der Waals surface area contributed by atoms with Crippen molar-refractivity contribution in [1.29, 1.82) is 0 Å². The van der Waals surface area contributed by atoms with Crippen LogP contribution < -0.4 is 20.9 Å². The van der Waals surface area contributed by atoms with Crippen LogP contribution in [0.15, 0.2) is 41.8 Å². The lowest BCUT2D eigenvalue weighted by Gasteiger charge is -2.35. The largest absolute Gasteiger partial charge is 0.358 e. The molecule has 1 aliphatic rings. The second-order valence-corrected chi connectivity index (χ2v) is 9.27. The van der Waals surface area contributed by atoms with Crippen molar-refractivity contribution in [3.8, 4) is 0 Å². The first-order valence-electron chi connectivity index (χ1n) is 9.32. The van der Waals surface area contributed by atoms with E-state index in [0.717, 1.165) is 12.8 Å². The molecule has 1 aromatic rings. The van der Waals surface area contributed by atoms with E-state index in [1.807, 2.05) is 0 Å². The van der Waals surface area contributed by atoms with Crippen molar-refractivity contribution in [1.82, 2.24) is 20.9 Å². The summed E-state index contributed by atoms with van der Waals surface area (Å²) in [7, 11) is -3.70. The lowest BCUT2D eigenvalue weighted by molar-refractivity contribution is 0.0943. The molecule has 1 fully saturated rings. The summed E-state index contributed by atoms with van der Waals surface area (Å²) in [5, 5.41) is 3.60. The molecule has 0 heterocycles. The van der Waals surface area contributed by atoms with E-state index in [-0.39, 0.29) is 23.0 Å². The number of rotatable bonds is 6. The van der Waals surface area contributed by atoms with Gasteiger partial charge in [0, 0.05) is 18.2 Å². The van der Waals surface area contributed by atoms with Gasteiger partial charge < -0.3 is 5.32 Å². The van der Waals surface area contributed by atoms with Gasteiger partial charge in [-0.1, -0.05) is 38.8 Å². The minimum Gasteiger partial charge on any atom is -0.358 e. The maximum atomic E-state index is 12.4. The molecule has 0 aliphatic heterocycles. The van der Waals surface area contributed by atoms with E-state index in [9.17, 15) is 13.2 Å². The molecule has 0 unspecified atom stereocenters. The van der Waals surface area contributed by atoms with Crippen molar-refractivity contribution in [2.75, 3.05) is 6.54 Å². The van der Waals surface area contributed by atoms with Gasteiger partial charge >= 0.3 is 0 Å². The van der Waals surface area contributed by atoms with Crippen molar-refractivity contribution >= 4 is 33.3 Å². The quantitative estimate of drug-likeness (QED) is 0.317. The van der Waals surface area contributed by atoms with Crippen LogP contribution in [0.25, 0.3) is 0 Å². The van der Waals surface area contributed by atoms with Gasteiger partial charge in [-0.25, -0.2) is 13.1 Å². The first-order valence-corrected chi connectivity index (χ1v) is 11.2. The van der Waals surface area contributed by atoms with Gasteiger partial charge in [-0.15, -0.1) is 6.58 Å². The van der Waals surface area contributed by atoms with Crippen LogP contribution in [0.5, 0.6) is 0 Å². The van der Waals surface area contributed by atoms with E-state index in [1.54, 1.807) is 0 Å². The molecule has 1 aliphatic carbocycles. The maximum absolute atomic E-state index is 12.4. The molecule has 7 nitrogen and oxygen atoms in total. The monoisotopic (exact) mass is 424 g/mol. The highest BCUT2D eigenvalue weighted by atomic mass is 32.2. The Morgan fingerprint density at radius 3 is 2.75 bits per heavy atom. The molecule has 1 amide bonds. The van der Waals surface area contributed by atoms with Gasteiger partial charge in [-0.2, -0.15) is 0 Å². The van der Waals surface area contributed by atoms with Gasteiger partial charge in [-0.05, 0) is 48.7 Å². The summed E-state index contributed by atoms with van der Waals surface area (Å²) in [6.45, 7) is 8.03. The predicted octanol–water partition coefficient (Wildman–Crippen LogP) is 2.08. The smallest absolute Gasteiger partial charge is 0.269 e. The highest BCUT2D eigenvalue weighted by Gasteiger charge is 2.27. The average molecular weight is 425 g/mol. The third-order valence-corrected chi connectivity index (χ3v) is 6.78. The number of amides is 1. The predicted molar refractivity (Wildman–Crippen MR) is 114 cm³/mol. The van der Waals surface area contributed by atoms with Gasteiger partial charge in [-0.3, -0.25) is 15.6 Å². The molecule has 0 aromatic heterocycles. The molecule has 2 rings (SSSR count). The Labute approximate surface area is 172 Å². The molecule has 9 heteroatoms. The standard InChI is InChI=1S/C19H28N4O3S2/c1-4-11-20-28(25,26)16-9-6-8-15(12-16)18(24)22-23-19(27)21-17-10-5-7-13(2)14(17)3/h4,6,8-9,12-14,17,20H,1,5,7,10-11H2,2-3H3,(H,22,24)(H2,21,23,27)/t13-,14-,17-/m1/s1. The number of benzene rings is 1. The lowest BCUT2D eigenvalue weighted by atomic mass is 9.78. The number of hydrogen-bond acceptors (Lipinski definition) is 4. The summed E-state index contributed by atoms with van der Waals surface area (Å²) < 4.78 is 26.7. The summed E-state index contributed by atoms with van der Waals surface area (Å²) in [4.78, 5) is 12.4. The second kappa shape index (κ2) is 9.99. The molecule has 1 saturated carbocycles. The SMILES string of the molecule is C=CCNS(=O)(=O)c1cccc(C(=O)NNC(=S)N[C@@H]2CCC[C@@H](C)[C@H]2C)c1. The fraction of sp³-hybridized carbons (Fsp3) is 0.474. The number of hydrogen-bond donors (Lipinski definition) is 4. The van der Waals surface area contributed by atoms with Gasteiger partial charge in [0.05, 0.1) is 4.90 Å². The van der Waals surface area contributed by atoms with E-state index in [2.05, 4.69) is 41.3 Å². The highest BCUT2D eigenvalue weighted by molar-refractivity contribution is 7.89. The normalized spacial score (nSPS) is 22.1. The number of thiocarbonyl (C=S) groups is 1. The van der Waals surface area contributed by atoms with E-state index >= 15 is 0 Å². The molecule has 1 aromatic carbocycles. The maximum Gasteiger partial charge on any atom is 0.269 e. The Hall–Kier alpha value is -1.97. The molecule has 28 heavy (non-hydrogen) atoms. The van der Waals surface area contributed by atoms with Gasteiger partial charge in [0.1, 0.15) is 0 Å². The van der Waals surface area contributed by atoms with Gasteiger partial charge in [0.15, 0.2) is 5.11 Å². The van der Waals surface area contributed by atoms with Crippen LogP contribution in [0.2, 0.25) is 0 Å². The Balaban J connectivity index is 1.93. The van der Waals surface area contributed by atoms with Crippen LogP contribution in [-0.4, -0.2) is 32.0 Å². The minimum atomic E-state index is -3.70.